The monoisotopic (exact) mass is 250 g/mol. The van der Waals surface area contributed by atoms with Gasteiger partial charge in [0.25, 0.3) is 0 Å². The third kappa shape index (κ3) is 10.3. The molecule has 0 aliphatic heterocycles. The number of carbonyl (C=O) groups excluding carboxylic acids is 2. The highest BCUT2D eigenvalue weighted by molar-refractivity contribution is 5.84. The summed E-state index contributed by atoms with van der Waals surface area (Å²) in [5.41, 5.74) is 4.60. The van der Waals surface area contributed by atoms with Crippen molar-refractivity contribution in [2.45, 2.75) is 26.7 Å². The number of carbonyl (C=O) groups is 2. The molecular formula is C12H18N4O2. The number of hydrazone groups is 2. The fourth-order valence-electron chi connectivity index (χ4n) is 0.816. The highest BCUT2D eigenvalue weighted by atomic mass is 16.2. The molecule has 0 saturated carbocycles. The van der Waals surface area contributed by atoms with Crippen molar-refractivity contribution in [2.75, 3.05) is 0 Å². The van der Waals surface area contributed by atoms with Crippen LogP contribution in [0.15, 0.2) is 34.5 Å². The zero-order valence-electron chi connectivity index (χ0n) is 10.6. The van der Waals surface area contributed by atoms with Crippen LogP contribution in [0.3, 0.4) is 0 Å². The van der Waals surface area contributed by atoms with Crippen molar-refractivity contribution in [3.05, 3.63) is 24.3 Å². The molecule has 6 heteroatoms. The molecule has 0 fully saturated rings. The van der Waals surface area contributed by atoms with Crippen LogP contribution in [0.5, 0.6) is 0 Å². The number of hydrogen-bond donors (Lipinski definition) is 2. The average Bonchev–Trinajstić information content (AvgIpc) is 2.37. The van der Waals surface area contributed by atoms with Crippen molar-refractivity contribution >= 4 is 24.2 Å². The summed E-state index contributed by atoms with van der Waals surface area (Å²) in [6.07, 6.45) is 9.98. The number of nitrogens with zero attached hydrogens (tertiary/aromatic N) is 2. The lowest BCUT2D eigenvalue weighted by Crippen LogP contribution is -2.22. The first-order valence-electron chi connectivity index (χ1n) is 5.57. The maximum atomic E-state index is 11.2. The first-order chi connectivity index (χ1) is 8.70. The van der Waals surface area contributed by atoms with Crippen LogP contribution in [0.2, 0.25) is 0 Å². The Labute approximate surface area is 107 Å². The van der Waals surface area contributed by atoms with Gasteiger partial charge >= 0.3 is 0 Å². The Bertz CT molecular complexity index is 334. The molecule has 0 atom stereocenters. The van der Waals surface area contributed by atoms with Gasteiger partial charge in [0.15, 0.2) is 0 Å². The van der Waals surface area contributed by atoms with E-state index in [1.807, 2.05) is 13.8 Å². The van der Waals surface area contributed by atoms with Crippen molar-refractivity contribution in [1.29, 1.82) is 0 Å². The van der Waals surface area contributed by atoms with Gasteiger partial charge in [-0.3, -0.25) is 9.59 Å². The van der Waals surface area contributed by atoms with Crippen molar-refractivity contribution in [2.24, 2.45) is 10.2 Å². The van der Waals surface area contributed by atoms with Gasteiger partial charge in [-0.15, -0.1) is 0 Å². The van der Waals surface area contributed by atoms with Crippen LogP contribution >= 0.6 is 0 Å². The third-order valence-corrected chi connectivity index (χ3v) is 1.66. The summed E-state index contributed by atoms with van der Waals surface area (Å²) in [5.74, 6) is -0.633. The topological polar surface area (TPSA) is 82.9 Å². The van der Waals surface area contributed by atoms with Gasteiger partial charge in [-0.2, -0.15) is 10.2 Å². The van der Waals surface area contributed by atoms with Gasteiger partial charge in [-0.1, -0.05) is 12.2 Å². The minimum Gasteiger partial charge on any atom is -0.273 e. The molecule has 0 aliphatic carbocycles. The summed E-state index contributed by atoms with van der Waals surface area (Å²) in [6, 6.07) is 0. The predicted molar refractivity (Wildman–Crippen MR) is 72.1 cm³/mol. The Hall–Kier alpha value is -2.24. The Kier molecular flexibility index (Phi) is 9.85. The summed E-state index contributed by atoms with van der Waals surface area (Å²) >= 11 is 0. The van der Waals surface area contributed by atoms with Crippen molar-refractivity contribution < 1.29 is 9.59 Å². The fourth-order valence-corrected chi connectivity index (χ4v) is 0.816. The van der Waals surface area contributed by atoms with E-state index in [9.17, 15) is 9.59 Å². The molecule has 0 aromatic carbocycles. The van der Waals surface area contributed by atoms with Gasteiger partial charge in [0.2, 0.25) is 11.8 Å². The fraction of sp³-hybridized carbons (Fsp3) is 0.333. The first kappa shape index (κ1) is 15.8. The van der Waals surface area contributed by atoms with Crippen molar-refractivity contribution in [3.8, 4) is 0 Å². The number of nitrogens with one attached hydrogen (secondary N) is 2. The molecule has 2 N–H and O–H groups in total. The molecule has 0 bridgehead atoms. The predicted octanol–water partition coefficient (Wildman–Crippen LogP) is 1.12. The SMILES string of the molecule is C/C=C/C=N/NC(=O)CCC(=O)N/N=C/C=C/C. The van der Waals surface area contributed by atoms with E-state index in [4.69, 9.17) is 0 Å². The van der Waals surface area contributed by atoms with Crippen LogP contribution in [-0.2, 0) is 9.59 Å². The maximum Gasteiger partial charge on any atom is 0.240 e. The summed E-state index contributed by atoms with van der Waals surface area (Å²) in [5, 5.41) is 7.29. The number of hydrogen-bond acceptors (Lipinski definition) is 4. The molecule has 0 saturated heterocycles. The van der Waals surface area contributed by atoms with Crippen molar-refractivity contribution in [3.63, 3.8) is 0 Å². The molecule has 0 unspecified atom stereocenters. The summed E-state index contributed by atoms with van der Waals surface area (Å²) in [7, 11) is 0. The zero-order chi connectivity index (χ0) is 13.6. The van der Waals surface area contributed by atoms with Gasteiger partial charge in [-0.25, -0.2) is 10.9 Å². The lowest BCUT2D eigenvalue weighted by molar-refractivity contribution is -0.126. The van der Waals surface area contributed by atoms with Crippen LogP contribution < -0.4 is 10.9 Å². The highest BCUT2D eigenvalue weighted by Crippen LogP contribution is 1.88. The molecule has 6 nitrogen and oxygen atoms in total. The van der Waals surface area contributed by atoms with E-state index in [2.05, 4.69) is 21.1 Å². The molecule has 2 amide bonds. The molecule has 0 radical (unpaired) electrons. The number of allylic oxidation sites excluding steroid dienone is 4. The second kappa shape index (κ2) is 11.3. The van der Waals surface area contributed by atoms with E-state index < -0.39 is 0 Å². The van der Waals surface area contributed by atoms with Gasteiger partial charge < -0.3 is 0 Å². The molecule has 0 spiro atoms. The molecule has 0 aromatic heterocycles. The first-order valence-corrected chi connectivity index (χ1v) is 5.57. The second-order valence-corrected chi connectivity index (χ2v) is 3.18. The Morgan fingerprint density at radius 1 is 0.889 bits per heavy atom. The highest BCUT2D eigenvalue weighted by Gasteiger charge is 2.04. The molecule has 0 rings (SSSR count). The standard InChI is InChI=1S/C12H18N4O2/c1-3-5-9-13-15-11(17)7-8-12(18)16-14-10-6-4-2/h3-6,9-10H,7-8H2,1-2H3,(H,15,17)(H,16,18)/b5-3+,6-4+,13-9+,14-10+. The van der Waals surface area contributed by atoms with E-state index in [-0.39, 0.29) is 24.7 Å². The van der Waals surface area contributed by atoms with E-state index in [0.717, 1.165) is 0 Å². The van der Waals surface area contributed by atoms with Crippen LogP contribution in [-0.4, -0.2) is 24.2 Å². The minimum atomic E-state index is -0.316. The molecule has 0 heterocycles. The van der Waals surface area contributed by atoms with Crippen LogP contribution in [0.25, 0.3) is 0 Å². The van der Waals surface area contributed by atoms with Crippen molar-refractivity contribution in [1.82, 2.24) is 10.9 Å². The molecule has 98 valence electrons. The van der Waals surface area contributed by atoms with Gasteiger partial charge in [0, 0.05) is 25.3 Å². The van der Waals surface area contributed by atoms with E-state index >= 15 is 0 Å². The van der Waals surface area contributed by atoms with E-state index in [0.29, 0.717) is 0 Å². The van der Waals surface area contributed by atoms with Gasteiger partial charge in [0.05, 0.1) is 0 Å². The van der Waals surface area contributed by atoms with Gasteiger partial charge in [0.1, 0.15) is 0 Å². The maximum absolute atomic E-state index is 11.2. The van der Waals surface area contributed by atoms with Crippen LogP contribution in [0.1, 0.15) is 26.7 Å². The largest absolute Gasteiger partial charge is 0.273 e. The number of amides is 2. The molecule has 0 aliphatic rings. The van der Waals surface area contributed by atoms with Crippen LogP contribution in [0, 0.1) is 0 Å². The minimum absolute atomic E-state index is 0.0676. The molecule has 18 heavy (non-hydrogen) atoms. The molecular weight excluding hydrogens is 232 g/mol. The van der Waals surface area contributed by atoms with E-state index in [1.54, 1.807) is 24.3 Å². The third-order valence-electron chi connectivity index (χ3n) is 1.66. The number of rotatable bonds is 7. The quantitative estimate of drug-likeness (QED) is 0.524. The Balaban J connectivity index is 3.74. The smallest absolute Gasteiger partial charge is 0.240 e. The molecule has 0 aromatic rings. The van der Waals surface area contributed by atoms with E-state index in [1.165, 1.54) is 12.4 Å². The Morgan fingerprint density at radius 3 is 1.61 bits per heavy atom. The second-order valence-electron chi connectivity index (χ2n) is 3.18. The summed E-state index contributed by atoms with van der Waals surface area (Å²) in [4.78, 5) is 22.4. The lowest BCUT2D eigenvalue weighted by Gasteiger charge is -1.98. The normalized spacial score (nSPS) is 11.9. The zero-order valence-corrected chi connectivity index (χ0v) is 10.6. The summed E-state index contributed by atoms with van der Waals surface area (Å²) < 4.78 is 0. The summed E-state index contributed by atoms with van der Waals surface area (Å²) in [6.45, 7) is 3.68. The van der Waals surface area contributed by atoms with Crippen LogP contribution in [0.4, 0.5) is 0 Å². The van der Waals surface area contributed by atoms with Gasteiger partial charge in [-0.05, 0) is 26.0 Å². The lowest BCUT2D eigenvalue weighted by atomic mass is 10.3. The Morgan fingerprint density at radius 2 is 1.28 bits per heavy atom. The average molecular weight is 250 g/mol.